The van der Waals surface area contributed by atoms with Gasteiger partial charge in [-0.05, 0) is 44.5 Å². The van der Waals surface area contributed by atoms with Crippen molar-refractivity contribution in [2.24, 2.45) is 0 Å². The average molecular weight is 302 g/mol. The summed E-state index contributed by atoms with van der Waals surface area (Å²) in [5, 5.41) is 28.2. The number of amides is 1. The third-order valence-electron chi connectivity index (χ3n) is 3.02. The Labute approximate surface area is 127 Å². The first-order chi connectivity index (χ1) is 10.3. The van der Waals surface area contributed by atoms with E-state index in [9.17, 15) is 15.0 Å². The van der Waals surface area contributed by atoms with E-state index in [1.807, 2.05) is 0 Å². The van der Waals surface area contributed by atoms with Crippen molar-refractivity contribution in [3.8, 4) is 11.5 Å². The van der Waals surface area contributed by atoms with Gasteiger partial charge in [0.2, 0.25) is 5.91 Å². The molecule has 0 fully saturated rings. The van der Waals surface area contributed by atoms with Crippen LogP contribution in [0.2, 0.25) is 0 Å². The van der Waals surface area contributed by atoms with Gasteiger partial charge in [-0.25, -0.2) is 4.98 Å². The highest BCUT2D eigenvalue weighted by molar-refractivity contribution is 5.92. The van der Waals surface area contributed by atoms with Gasteiger partial charge in [-0.2, -0.15) is 5.10 Å². The minimum Gasteiger partial charge on any atom is -0.504 e. The van der Waals surface area contributed by atoms with E-state index >= 15 is 0 Å². The molecule has 0 unspecified atom stereocenters. The van der Waals surface area contributed by atoms with Crippen LogP contribution in [-0.2, 0) is 10.3 Å². The van der Waals surface area contributed by atoms with Gasteiger partial charge < -0.3 is 15.5 Å². The lowest BCUT2D eigenvalue weighted by atomic mass is 10.0. The summed E-state index contributed by atoms with van der Waals surface area (Å²) in [6.07, 6.45) is 2.88. The summed E-state index contributed by atoms with van der Waals surface area (Å²) in [4.78, 5) is 16.2. The summed E-state index contributed by atoms with van der Waals surface area (Å²) in [6, 6.07) is 4.30. The van der Waals surface area contributed by atoms with E-state index in [2.05, 4.69) is 20.5 Å². The van der Waals surface area contributed by atoms with E-state index in [1.54, 1.807) is 26.8 Å². The maximum absolute atomic E-state index is 12.0. The average Bonchev–Trinajstić information content (AvgIpc) is 2.87. The molecule has 0 saturated carbocycles. The lowest BCUT2D eigenvalue weighted by Crippen LogP contribution is -2.41. The molecule has 7 nitrogen and oxygen atoms in total. The zero-order valence-corrected chi connectivity index (χ0v) is 12.6. The van der Waals surface area contributed by atoms with Crippen LogP contribution >= 0.6 is 0 Å². The molecule has 0 aliphatic heterocycles. The topological polar surface area (TPSA) is 111 Å². The number of carbonyl (C=O) groups excluding carboxylic acids is 1. The van der Waals surface area contributed by atoms with Gasteiger partial charge in [0.1, 0.15) is 5.82 Å². The molecule has 4 N–H and O–H groups in total. The second-order valence-electron chi connectivity index (χ2n) is 5.44. The van der Waals surface area contributed by atoms with Gasteiger partial charge in [-0.1, -0.05) is 6.07 Å². The lowest BCUT2D eigenvalue weighted by Gasteiger charge is -2.21. The SMILES string of the molecule is Cc1nc(C(C)(C)NC(=O)C=Cc2ccc(O)c(O)c2)n[nH]1. The molecule has 0 atom stereocenters. The van der Waals surface area contributed by atoms with E-state index in [1.165, 1.54) is 24.3 Å². The monoisotopic (exact) mass is 302 g/mol. The molecule has 0 aliphatic carbocycles. The number of phenols is 2. The summed E-state index contributed by atoms with van der Waals surface area (Å²) in [7, 11) is 0. The van der Waals surface area contributed by atoms with Crippen molar-refractivity contribution in [1.29, 1.82) is 0 Å². The highest BCUT2D eigenvalue weighted by Gasteiger charge is 2.26. The van der Waals surface area contributed by atoms with Crippen LogP contribution in [0.25, 0.3) is 6.08 Å². The zero-order valence-electron chi connectivity index (χ0n) is 12.6. The Kier molecular flexibility index (Phi) is 4.16. The second kappa shape index (κ2) is 5.88. The van der Waals surface area contributed by atoms with Crippen LogP contribution in [0, 0.1) is 6.92 Å². The molecular formula is C15H18N4O3. The van der Waals surface area contributed by atoms with Crippen molar-refractivity contribution in [2.75, 3.05) is 0 Å². The van der Waals surface area contributed by atoms with Crippen LogP contribution in [0.5, 0.6) is 11.5 Å². The molecule has 0 aliphatic rings. The van der Waals surface area contributed by atoms with E-state index in [-0.39, 0.29) is 17.4 Å². The first kappa shape index (κ1) is 15.6. The van der Waals surface area contributed by atoms with E-state index in [0.717, 1.165) is 0 Å². The van der Waals surface area contributed by atoms with Crippen LogP contribution in [0.1, 0.15) is 31.1 Å². The van der Waals surface area contributed by atoms with Crippen LogP contribution in [0.15, 0.2) is 24.3 Å². The maximum Gasteiger partial charge on any atom is 0.244 e. The van der Waals surface area contributed by atoms with Crippen LogP contribution < -0.4 is 5.32 Å². The summed E-state index contributed by atoms with van der Waals surface area (Å²) < 4.78 is 0. The fourth-order valence-corrected chi connectivity index (χ4v) is 1.84. The lowest BCUT2D eigenvalue weighted by molar-refractivity contribution is -0.118. The molecule has 7 heteroatoms. The number of nitrogens with one attached hydrogen (secondary N) is 2. The highest BCUT2D eigenvalue weighted by Crippen LogP contribution is 2.25. The number of carbonyl (C=O) groups is 1. The number of benzene rings is 1. The molecule has 0 radical (unpaired) electrons. The number of hydrogen-bond donors (Lipinski definition) is 4. The number of aryl methyl sites for hydroxylation is 1. The van der Waals surface area contributed by atoms with Crippen molar-refractivity contribution in [1.82, 2.24) is 20.5 Å². The van der Waals surface area contributed by atoms with Gasteiger partial charge in [0.05, 0.1) is 5.54 Å². The maximum atomic E-state index is 12.0. The van der Waals surface area contributed by atoms with Gasteiger partial charge in [-0.15, -0.1) is 0 Å². The van der Waals surface area contributed by atoms with E-state index < -0.39 is 5.54 Å². The molecule has 22 heavy (non-hydrogen) atoms. The number of aromatic amines is 1. The minimum absolute atomic E-state index is 0.206. The van der Waals surface area contributed by atoms with Crippen molar-refractivity contribution in [3.05, 3.63) is 41.5 Å². The standard InChI is InChI=1S/C15H18N4O3/c1-9-16-14(19-18-9)15(2,3)17-13(22)7-5-10-4-6-11(20)12(21)8-10/h4-8,20-21H,1-3H3,(H,17,22)(H,16,18,19). The molecule has 1 amide bonds. The summed E-state index contributed by atoms with van der Waals surface area (Å²) in [6.45, 7) is 5.38. The predicted molar refractivity (Wildman–Crippen MR) is 81.1 cm³/mol. The molecule has 2 aromatic rings. The van der Waals surface area contributed by atoms with Gasteiger partial charge in [0.25, 0.3) is 0 Å². The van der Waals surface area contributed by atoms with Gasteiger partial charge in [-0.3, -0.25) is 9.89 Å². The summed E-state index contributed by atoms with van der Waals surface area (Å²) >= 11 is 0. The van der Waals surface area contributed by atoms with Crippen LogP contribution in [0.4, 0.5) is 0 Å². The molecule has 0 saturated heterocycles. The third kappa shape index (κ3) is 3.63. The zero-order chi connectivity index (χ0) is 16.3. The van der Waals surface area contributed by atoms with Crippen molar-refractivity contribution >= 4 is 12.0 Å². The van der Waals surface area contributed by atoms with E-state index in [4.69, 9.17) is 0 Å². The van der Waals surface area contributed by atoms with Crippen molar-refractivity contribution in [2.45, 2.75) is 26.3 Å². The molecule has 116 valence electrons. The highest BCUT2D eigenvalue weighted by atomic mass is 16.3. The Hall–Kier alpha value is -2.83. The number of rotatable bonds is 4. The first-order valence-corrected chi connectivity index (χ1v) is 6.69. The predicted octanol–water partition coefficient (Wildman–Crippen LogP) is 1.59. The fraction of sp³-hybridized carbons (Fsp3) is 0.267. The number of nitrogens with zero attached hydrogens (tertiary/aromatic N) is 2. The normalized spacial score (nSPS) is 11.8. The Morgan fingerprint density at radius 3 is 2.64 bits per heavy atom. The summed E-state index contributed by atoms with van der Waals surface area (Å²) in [5.74, 6) is 0.406. The number of hydrogen-bond acceptors (Lipinski definition) is 5. The Balaban J connectivity index is 2.05. The summed E-state index contributed by atoms with van der Waals surface area (Å²) in [5.41, 5.74) is -0.125. The van der Waals surface area contributed by atoms with E-state index in [0.29, 0.717) is 17.2 Å². The number of aromatic nitrogens is 3. The first-order valence-electron chi connectivity index (χ1n) is 6.69. The number of aromatic hydroxyl groups is 2. The Morgan fingerprint density at radius 2 is 2.05 bits per heavy atom. The molecule has 2 rings (SSSR count). The van der Waals surface area contributed by atoms with Crippen LogP contribution in [-0.4, -0.2) is 31.3 Å². The molecule has 1 heterocycles. The second-order valence-corrected chi connectivity index (χ2v) is 5.44. The molecule has 1 aromatic carbocycles. The molecule has 0 spiro atoms. The molecule has 0 bridgehead atoms. The molecule has 1 aromatic heterocycles. The third-order valence-corrected chi connectivity index (χ3v) is 3.02. The minimum atomic E-state index is -0.719. The number of phenolic OH excluding ortho intramolecular Hbond substituents is 2. The van der Waals surface area contributed by atoms with Crippen molar-refractivity contribution < 1.29 is 15.0 Å². The van der Waals surface area contributed by atoms with Crippen LogP contribution in [0.3, 0.4) is 0 Å². The largest absolute Gasteiger partial charge is 0.504 e. The quantitative estimate of drug-likeness (QED) is 0.506. The van der Waals surface area contributed by atoms with Gasteiger partial charge in [0.15, 0.2) is 17.3 Å². The Bertz CT molecular complexity index is 719. The Morgan fingerprint density at radius 1 is 1.32 bits per heavy atom. The number of H-pyrrole nitrogens is 1. The fourth-order valence-electron chi connectivity index (χ4n) is 1.84. The molecular weight excluding hydrogens is 284 g/mol. The van der Waals surface area contributed by atoms with Gasteiger partial charge >= 0.3 is 0 Å². The smallest absolute Gasteiger partial charge is 0.244 e. The van der Waals surface area contributed by atoms with Gasteiger partial charge in [0, 0.05) is 6.08 Å². The van der Waals surface area contributed by atoms with Crippen molar-refractivity contribution in [3.63, 3.8) is 0 Å².